The van der Waals surface area contributed by atoms with E-state index in [2.05, 4.69) is 6.07 Å². The molecule has 148 valence electrons. The lowest BCUT2D eigenvalue weighted by molar-refractivity contribution is -0.139. The van der Waals surface area contributed by atoms with E-state index >= 15 is 0 Å². The Balaban J connectivity index is 2.07. The van der Waals surface area contributed by atoms with E-state index < -0.39 is 11.9 Å². The summed E-state index contributed by atoms with van der Waals surface area (Å²) in [5, 5.41) is 19.2. The molecule has 0 amide bonds. The summed E-state index contributed by atoms with van der Waals surface area (Å²) in [6.45, 7) is 3.49. The standard InChI is InChI=1S/C23H22N2O4/c1-3-28-23(27)20-14(2)29-22(25)19(12-24)21(20)16-10-8-15(9-11-16)18-7-5-4-6-17(18)13-26/h4-11,21,26H,3,13,25H2,1-2H3. The van der Waals surface area contributed by atoms with Gasteiger partial charge < -0.3 is 20.3 Å². The molecule has 1 atom stereocenters. The minimum Gasteiger partial charge on any atom is -0.463 e. The van der Waals surface area contributed by atoms with E-state index in [0.717, 1.165) is 22.3 Å². The van der Waals surface area contributed by atoms with E-state index in [1.54, 1.807) is 13.8 Å². The van der Waals surface area contributed by atoms with Gasteiger partial charge in [0, 0.05) is 0 Å². The van der Waals surface area contributed by atoms with E-state index in [-0.39, 0.29) is 30.2 Å². The highest BCUT2D eigenvalue weighted by Gasteiger charge is 2.36. The van der Waals surface area contributed by atoms with Crippen molar-refractivity contribution in [1.29, 1.82) is 5.26 Å². The molecule has 0 saturated carbocycles. The largest absolute Gasteiger partial charge is 0.463 e. The zero-order chi connectivity index (χ0) is 21.0. The van der Waals surface area contributed by atoms with Gasteiger partial charge in [-0.2, -0.15) is 5.26 Å². The second-order valence-electron chi connectivity index (χ2n) is 6.55. The first-order valence-electron chi connectivity index (χ1n) is 9.26. The number of nitrogens with zero attached hydrogens (tertiary/aromatic N) is 1. The van der Waals surface area contributed by atoms with Crippen LogP contribution in [0.1, 0.15) is 30.9 Å². The van der Waals surface area contributed by atoms with Crippen LogP contribution >= 0.6 is 0 Å². The zero-order valence-corrected chi connectivity index (χ0v) is 16.3. The summed E-state index contributed by atoms with van der Waals surface area (Å²) in [6, 6.07) is 17.1. The van der Waals surface area contributed by atoms with Crippen molar-refractivity contribution in [2.24, 2.45) is 5.73 Å². The van der Waals surface area contributed by atoms with Crippen LogP contribution in [0.3, 0.4) is 0 Å². The maximum absolute atomic E-state index is 12.6. The molecule has 3 N–H and O–H groups in total. The molecule has 0 fully saturated rings. The second kappa shape index (κ2) is 8.63. The van der Waals surface area contributed by atoms with Crippen molar-refractivity contribution in [3.05, 3.63) is 82.4 Å². The molecule has 6 heteroatoms. The first-order chi connectivity index (χ1) is 14.0. The minimum absolute atomic E-state index is 0.0160. The molecular formula is C23H22N2O4. The Morgan fingerprint density at radius 1 is 1.24 bits per heavy atom. The molecule has 0 radical (unpaired) electrons. The van der Waals surface area contributed by atoms with Gasteiger partial charge in [-0.05, 0) is 36.1 Å². The van der Waals surface area contributed by atoms with Gasteiger partial charge in [-0.15, -0.1) is 0 Å². The van der Waals surface area contributed by atoms with E-state index in [1.807, 2.05) is 48.5 Å². The molecule has 2 aromatic rings. The van der Waals surface area contributed by atoms with Crippen LogP contribution in [0.4, 0.5) is 0 Å². The zero-order valence-electron chi connectivity index (χ0n) is 16.3. The summed E-state index contributed by atoms with van der Waals surface area (Å²) < 4.78 is 10.6. The molecule has 3 rings (SSSR count). The number of hydrogen-bond acceptors (Lipinski definition) is 6. The number of nitrogens with two attached hydrogens (primary N) is 1. The summed E-state index contributed by atoms with van der Waals surface area (Å²) in [7, 11) is 0. The molecule has 1 heterocycles. The van der Waals surface area contributed by atoms with E-state index in [0.29, 0.717) is 5.76 Å². The second-order valence-corrected chi connectivity index (χ2v) is 6.55. The Morgan fingerprint density at radius 2 is 1.93 bits per heavy atom. The number of nitriles is 1. The van der Waals surface area contributed by atoms with Crippen molar-refractivity contribution in [3.63, 3.8) is 0 Å². The smallest absolute Gasteiger partial charge is 0.338 e. The lowest BCUT2D eigenvalue weighted by atomic mass is 9.82. The Bertz CT molecular complexity index is 1030. The third-order valence-electron chi connectivity index (χ3n) is 4.84. The summed E-state index contributed by atoms with van der Waals surface area (Å²) in [5.41, 5.74) is 9.73. The maximum atomic E-state index is 12.6. The monoisotopic (exact) mass is 390 g/mol. The highest BCUT2D eigenvalue weighted by Crippen LogP contribution is 2.40. The normalized spacial score (nSPS) is 16.3. The number of carbonyl (C=O) groups excluding carboxylic acids is 1. The Hall–Kier alpha value is -3.56. The Kier molecular flexibility index (Phi) is 6.01. The third kappa shape index (κ3) is 3.86. The SMILES string of the molecule is CCOC(=O)C1=C(C)OC(N)=C(C#N)C1c1ccc(-c2ccccc2CO)cc1. The van der Waals surface area contributed by atoms with E-state index in [1.165, 1.54) is 0 Å². The molecule has 0 aliphatic carbocycles. The molecule has 2 aromatic carbocycles. The molecule has 1 aliphatic rings. The maximum Gasteiger partial charge on any atom is 0.338 e. The molecule has 0 saturated heterocycles. The van der Waals surface area contributed by atoms with Crippen molar-refractivity contribution >= 4 is 5.97 Å². The van der Waals surface area contributed by atoms with Gasteiger partial charge in [-0.3, -0.25) is 0 Å². The van der Waals surface area contributed by atoms with Crippen molar-refractivity contribution < 1.29 is 19.4 Å². The number of carbonyl (C=O) groups is 1. The van der Waals surface area contributed by atoms with Gasteiger partial charge in [0.15, 0.2) is 0 Å². The number of hydrogen-bond donors (Lipinski definition) is 2. The first kappa shape index (κ1) is 20.2. The van der Waals surface area contributed by atoms with Crippen LogP contribution in [0.25, 0.3) is 11.1 Å². The number of esters is 1. The van der Waals surface area contributed by atoms with Gasteiger partial charge in [0.05, 0.1) is 24.7 Å². The molecule has 1 aliphatic heterocycles. The molecule has 1 unspecified atom stereocenters. The van der Waals surface area contributed by atoms with Gasteiger partial charge in [0.25, 0.3) is 0 Å². The Labute approximate surface area is 169 Å². The van der Waals surface area contributed by atoms with Crippen molar-refractivity contribution in [1.82, 2.24) is 0 Å². The fourth-order valence-electron chi connectivity index (χ4n) is 3.48. The lowest BCUT2D eigenvalue weighted by Gasteiger charge is -2.27. The van der Waals surface area contributed by atoms with Crippen LogP contribution in [0.15, 0.2) is 71.3 Å². The number of rotatable bonds is 5. The van der Waals surface area contributed by atoms with Crippen LogP contribution < -0.4 is 5.73 Å². The van der Waals surface area contributed by atoms with Crippen LogP contribution in [0, 0.1) is 11.3 Å². The first-order valence-corrected chi connectivity index (χ1v) is 9.26. The number of benzene rings is 2. The fraction of sp³-hybridized carbons (Fsp3) is 0.217. The Morgan fingerprint density at radius 3 is 2.55 bits per heavy atom. The molecule has 0 bridgehead atoms. The summed E-state index contributed by atoms with van der Waals surface area (Å²) in [5.74, 6) is -0.905. The summed E-state index contributed by atoms with van der Waals surface area (Å²) in [4.78, 5) is 12.6. The highest BCUT2D eigenvalue weighted by atomic mass is 16.5. The van der Waals surface area contributed by atoms with Gasteiger partial charge in [-0.25, -0.2) is 4.79 Å². The van der Waals surface area contributed by atoms with Crippen LogP contribution in [0.5, 0.6) is 0 Å². The van der Waals surface area contributed by atoms with Crippen molar-refractivity contribution in [2.45, 2.75) is 26.4 Å². The average Bonchev–Trinajstić information content (AvgIpc) is 2.73. The summed E-state index contributed by atoms with van der Waals surface area (Å²) >= 11 is 0. The van der Waals surface area contributed by atoms with Gasteiger partial charge in [0.1, 0.15) is 17.4 Å². The number of aliphatic hydroxyl groups excluding tert-OH is 1. The number of allylic oxidation sites excluding steroid dienone is 2. The quantitative estimate of drug-likeness (QED) is 0.757. The predicted molar refractivity (Wildman–Crippen MR) is 108 cm³/mol. The van der Waals surface area contributed by atoms with E-state index in [4.69, 9.17) is 15.2 Å². The fourth-order valence-corrected chi connectivity index (χ4v) is 3.48. The predicted octanol–water partition coefficient (Wildman–Crippen LogP) is 3.49. The lowest BCUT2D eigenvalue weighted by Crippen LogP contribution is -2.25. The number of aliphatic hydroxyl groups is 1. The van der Waals surface area contributed by atoms with Crippen LogP contribution in [-0.2, 0) is 20.9 Å². The van der Waals surface area contributed by atoms with Crippen molar-refractivity contribution in [2.75, 3.05) is 6.61 Å². The van der Waals surface area contributed by atoms with Crippen molar-refractivity contribution in [3.8, 4) is 17.2 Å². The van der Waals surface area contributed by atoms with Gasteiger partial charge in [-0.1, -0.05) is 48.5 Å². The molecule has 29 heavy (non-hydrogen) atoms. The summed E-state index contributed by atoms with van der Waals surface area (Å²) in [6.07, 6.45) is 0. The molecule has 6 nitrogen and oxygen atoms in total. The molecular weight excluding hydrogens is 368 g/mol. The third-order valence-corrected chi connectivity index (χ3v) is 4.84. The van der Waals surface area contributed by atoms with Crippen LogP contribution in [-0.4, -0.2) is 17.7 Å². The number of ether oxygens (including phenoxy) is 2. The molecule has 0 aromatic heterocycles. The minimum atomic E-state index is -0.671. The van der Waals surface area contributed by atoms with E-state index in [9.17, 15) is 15.2 Å². The van der Waals surface area contributed by atoms with Gasteiger partial charge >= 0.3 is 5.97 Å². The average molecular weight is 390 g/mol. The topological polar surface area (TPSA) is 106 Å². The van der Waals surface area contributed by atoms with Gasteiger partial charge in [0.2, 0.25) is 5.88 Å². The van der Waals surface area contributed by atoms with Crippen LogP contribution in [0.2, 0.25) is 0 Å². The molecule has 0 spiro atoms. The highest BCUT2D eigenvalue weighted by molar-refractivity contribution is 5.92.